The van der Waals surface area contributed by atoms with Crippen LogP contribution in [0.2, 0.25) is 0 Å². The number of rotatable bonds is 6. The highest BCUT2D eigenvalue weighted by molar-refractivity contribution is 6.25. The molecule has 0 spiro atoms. The van der Waals surface area contributed by atoms with Crippen molar-refractivity contribution >= 4 is 65.4 Å². The van der Waals surface area contributed by atoms with Crippen molar-refractivity contribution in [3.8, 4) is 11.1 Å². The van der Waals surface area contributed by atoms with Crippen LogP contribution in [-0.4, -0.2) is 5.84 Å². The van der Waals surface area contributed by atoms with Crippen LogP contribution < -0.4 is 5.73 Å². The van der Waals surface area contributed by atoms with E-state index in [0.29, 0.717) is 12.3 Å². The van der Waals surface area contributed by atoms with Gasteiger partial charge in [-0.15, -0.1) is 0 Å². The van der Waals surface area contributed by atoms with E-state index in [1.54, 1.807) is 0 Å². The van der Waals surface area contributed by atoms with Crippen LogP contribution >= 0.6 is 0 Å². The van der Waals surface area contributed by atoms with Crippen molar-refractivity contribution in [2.75, 3.05) is 0 Å². The van der Waals surface area contributed by atoms with Crippen molar-refractivity contribution in [1.29, 1.82) is 0 Å². The zero-order chi connectivity index (χ0) is 33.4. The molecule has 2 heteroatoms. The van der Waals surface area contributed by atoms with E-state index < -0.39 is 0 Å². The van der Waals surface area contributed by atoms with Gasteiger partial charge in [0.1, 0.15) is 5.84 Å². The molecular formula is C48H34N2. The molecule has 0 aliphatic carbocycles. The third kappa shape index (κ3) is 5.10. The molecule has 2 N–H and O–H groups in total. The summed E-state index contributed by atoms with van der Waals surface area (Å²) in [6, 6.07) is 62.5. The Morgan fingerprint density at radius 1 is 0.460 bits per heavy atom. The molecule has 9 aromatic rings. The molecule has 2 nitrogen and oxygen atoms in total. The summed E-state index contributed by atoms with van der Waals surface area (Å²) in [7, 11) is 0. The number of nitrogens with zero attached hydrogens (tertiary/aromatic N) is 1. The maximum atomic E-state index is 6.90. The van der Waals surface area contributed by atoms with Gasteiger partial charge in [-0.05, 0) is 71.6 Å². The van der Waals surface area contributed by atoms with Gasteiger partial charge in [0, 0.05) is 16.5 Å². The van der Waals surface area contributed by atoms with Crippen molar-refractivity contribution in [2.45, 2.75) is 6.42 Å². The molecule has 9 rings (SSSR count). The molecule has 0 saturated heterocycles. The zero-order valence-corrected chi connectivity index (χ0v) is 27.6. The standard InChI is InChI=1S/C48H34N2/c49-48(37-18-5-2-6-19-37)50-43(31-29-36-21-13-20-35-27-26-32-14-7-9-22-38(32)44(35)36)47-41-25-12-11-24-40(41)45(34-16-3-1-4-17-34)42-30-28-33-15-8-10-23-39(33)46(42)47/h1-28,30-31H,29H2,(H2,49,50)/b43-31-. The lowest BCUT2D eigenvalue weighted by molar-refractivity contribution is 1.29. The Balaban J connectivity index is 1.39. The summed E-state index contributed by atoms with van der Waals surface area (Å²) in [4.78, 5) is 5.34. The van der Waals surface area contributed by atoms with Crippen molar-refractivity contribution in [2.24, 2.45) is 10.7 Å². The van der Waals surface area contributed by atoms with Gasteiger partial charge >= 0.3 is 0 Å². The Hall–Kier alpha value is -6.51. The van der Waals surface area contributed by atoms with E-state index in [9.17, 15) is 0 Å². The lowest BCUT2D eigenvalue weighted by Gasteiger charge is -2.20. The van der Waals surface area contributed by atoms with Crippen molar-refractivity contribution in [3.63, 3.8) is 0 Å². The third-order valence-electron chi connectivity index (χ3n) is 9.91. The van der Waals surface area contributed by atoms with Crippen LogP contribution in [0.3, 0.4) is 0 Å². The maximum absolute atomic E-state index is 6.90. The SMILES string of the molecule is NC(=N/C(=C\Cc1cccc2ccc3ccccc3c12)c1c2ccccc2c(-c2ccccc2)c2ccc3ccccc3c12)c1ccccc1. The second-order valence-corrected chi connectivity index (χ2v) is 12.8. The van der Waals surface area contributed by atoms with Crippen LogP contribution in [0, 0.1) is 0 Å². The molecule has 0 unspecified atom stereocenters. The quantitative estimate of drug-likeness (QED) is 0.0837. The van der Waals surface area contributed by atoms with E-state index >= 15 is 0 Å². The molecule has 9 aromatic carbocycles. The minimum absolute atomic E-state index is 0.491. The minimum Gasteiger partial charge on any atom is -0.383 e. The van der Waals surface area contributed by atoms with Crippen molar-refractivity contribution in [1.82, 2.24) is 0 Å². The third-order valence-corrected chi connectivity index (χ3v) is 9.91. The lowest BCUT2D eigenvalue weighted by atomic mass is 9.85. The van der Waals surface area contributed by atoms with Gasteiger partial charge < -0.3 is 5.73 Å². The molecule has 0 heterocycles. The lowest BCUT2D eigenvalue weighted by Crippen LogP contribution is -2.13. The number of fused-ring (bicyclic) bond motifs is 7. The summed E-state index contributed by atoms with van der Waals surface area (Å²) in [6.07, 6.45) is 2.98. The Morgan fingerprint density at radius 2 is 1.02 bits per heavy atom. The monoisotopic (exact) mass is 638 g/mol. The molecule has 0 amide bonds. The number of hydrogen-bond donors (Lipinski definition) is 1. The van der Waals surface area contributed by atoms with Gasteiger partial charge in [0.2, 0.25) is 0 Å². The Morgan fingerprint density at radius 3 is 1.76 bits per heavy atom. The summed E-state index contributed by atoms with van der Waals surface area (Å²) in [5.74, 6) is 0.491. The maximum Gasteiger partial charge on any atom is 0.131 e. The Bertz CT molecular complexity index is 2780. The van der Waals surface area contributed by atoms with Gasteiger partial charge in [-0.2, -0.15) is 0 Å². The van der Waals surface area contributed by atoms with Gasteiger partial charge in [0.05, 0.1) is 5.70 Å². The predicted octanol–water partition coefficient (Wildman–Crippen LogP) is 12.1. The molecule has 0 radical (unpaired) electrons. The van der Waals surface area contributed by atoms with Gasteiger partial charge in [0.15, 0.2) is 0 Å². The number of allylic oxidation sites excluding steroid dienone is 1. The predicted molar refractivity (Wildman–Crippen MR) is 215 cm³/mol. The molecule has 236 valence electrons. The first-order chi connectivity index (χ1) is 24.7. The molecule has 0 atom stereocenters. The summed E-state index contributed by atoms with van der Waals surface area (Å²) in [5, 5.41) is 12.1. The van der Waals surface area contributed by atoms with Crippen LogP contribution in [0.5, 0.6) is 0 Å². The zero-order valence-electron chi connectivity index (χ0n) is 27.6. The molecule has 0 saturated carbocycles. The molecule has 0 fully saturated rings. The van der Waals surface area contributed by atoms with E-state index in [4.69, 9.17) is 10.7 Å². The van der Waals surface area contributed by atoms with E-state index in [1.165, 1.54) is 65.2 Å². The Labute approximate surface area is 291 Å². The fourth-order valence-corrected chi connectivity index (χ4v) is 7.65. The van der Waals surface area contributed by atoms with Crippen LogP contribution in [0.25, 0.3) is 70.7 Å². The van der Waals surface area contributed by atoms with Gasteiger partial charge in [-0.1, -0.05) is 182 Å². The minimum atomic E-state index is 0.491. The van der Waals surface area contributed by atoms with E-state index in [-0.39, 0.29) is 0 Å². The van der Waals surface area contributed by atoms with Crippen LogP contribution in [0.1, 0.15) is 16.7 Å². The first kappa shape index (κ1) is 29.6. The topological polar surface area (TPSA) is 38.4 Å². The van der Waals surface area contributed by atoms with Crippen molar-refractivity contribution in [3.05, 3.63) is 199 Å². The summed E-state index contributed by atoms with van der Waals surface area (Å²) < 4.78 is 0. The molecule has 0 bridgehead atoms. The van der Waals surface area contributed by atoms with Crippen LogP contribution in [0.15, 0.2) is 187 Å². The number of hydrogen-bond acceptors (Lipinski definition) is 1. The van der Waals surface area contributed by atoms with Crippen LogP contribution in [-0.2, 0) is 6.42 Å². The first-order valence-corrected chi connectivity index (χ1v) is 17.2. The highest BCUT2D eigenvalue weighted by Gasteiger charge is 2.20. The summed E-state index contributed by atoms with van der Waals surface area (Å²) in [5.41, 5.74) is 13.4. The summed E-state index contributed by atoms with van der Waals surface area (Å²) in [6.45, 7) is 0. The van der Waals surface area contributed by atoms with Gasteiger partial charge in [-0.3, -0.25) is 0 Å². The fraction of sp³-hybridized carbons (Fsp3) is 0.0208. The van der Waals surface area contributed by atoms with Crippen LogP contribution in [0.4, 0.5) is 0 Å². The normalized spacial score (nSPS) is 12.4. The average Bonchev–Trinajstić information content (AvgIpc) is 3.19. The summed E-state index contributed by atoms with van der Waals surface area (Å²) >= 11 is 0. The van der Waals surface area contributed by atoms with Crippen molar-refractivity contribution < 1.29 is 0 Å². The fourth-order valence-electron chi connectivity index (χ4n) is 7.65. The molecular weight excluding hydrogens is 605 g/mol. The highest BCUT2D eigenvalue weighted by Crippen LogP contribution is 2.45. The molecule has 0 aliphatic rings. The first-order valence-electron chi connectivity index (χ1n) is 17.2. The van der Waals surface area contributed by atoms with Gasteiger partial charge in [0.25, 0.3) is 0 Å². The second-order valence-electron chi connectivity index (χ2n) is 12.8. The largest absolute Gasteiger partial charge is 0.383 e. The number of benzene rings is 9. The number of amidine groups is 1. The van der Waals surface area contributed by atoms with E-state index in [2.05, 4.69) is 152 Å². The second kappa shape index (κ2) is 12.5. The number of aliphatic imine (C=N–C) groups is 1. The average molecular weight is 639 g/mol. The Kier molecular flexibility index (Phi) is 7.40. The number of nitrogens with two attached hydrogens (primary N) is 1. The van der Waals surface area contributed by atoms with E-state index in [0.717, 1.165) is 22.2 Å². The smallest absolute Gasteiger partial charge is 0.131 e. The molecule has 0 aliphatic heterocycles. The van der Waals surface area contributed by atoms with Gasteiger partial charge in [-0.25, -0.2) is 4.99 Å². The highest BCUT2D eigenvalue weighted by atomic mass is 14.9. The molecule has 50 heavy (non-hydrogen) atoms. The molecule has 0 aromatic heterocycles. The van der Waals surface area contributed by atoms with E-state index in [1.807, 2.05) is 30.3 Å².